The van der Waals surface area contributed by atoms with Gasteiger partial charge in [-0.2, -0.15) is 0 Å². The highest BCUT2D eigenvalue weighted by Crippen LogP contribution is 2.31. The molecule has 1 heterocycles. The van der Waals surface area contributed by atoms with Crippen LogP contribution in [0.3, 0.4) is 0 Å². The molecular weight excluding hydrogens is 248 g/mol. The molecule has 1 aromatic carbocycles. The molecule has 0 aliphatic rings. The molecule has 0 aliphatic carbocycles. The lowest BCUT2D eigenvalue weighted by Crippen LogP contribution is -2.15. The van der Waals surface area contributed by atoms with Gasteiger partial charge in [-0.3, -0.25) is 4.98 Å². The summed E-state index contributed by atoms with van der Waals surface area (Å²) < 4.78 is 5.27. The van der Waals surface area contributed by atoms with Crippen LogP contribution in [0.25, 0.3) is 0 Å². The van der Waals surface area contributed by atoms with E-state index in [-0.39, 0.29) is 0 Å². The fraction of sp³-hybridized carbons (Fsp3) is 0.214. The number of nitrogens with two attached hydrogens (primary N) is 1. The lowest BCUT2D eigenvalue weighted by molar-refractivity contribution is 0.404. The van der Waals surface area contributed by atoms with Crippen LogP contribution in [-0.4, -0.2) is 12.1 Å². The molecule has 0 saturated carbocycles. The number of halogens is 1. The van der Waals surface area contributed by atoms with E-state index in [0.717, 1.165) is 11.1 Å². The molecule has 0 radical (unpaired) electrons. The molecule has 18 heavy (non-hydrogen) atoms. The van der Waals surface area contributed by atoms with Gasteiger partial charge in [-0.15, -0.1) is 0 Å². The van der Waals surface area contributed by atoms with Crippen molar-refractivity contribution in [1.82, 2.24) is 4.98 Å². The molecule has 2 rings (SSSR count). The minimum absolute atomic E-state index is 0.395. The Kier molecular flexibility index (Phi) is 3.84. The average Bonchev–Trinajstić information content (AvgIpc) is 2.41. The number of hydrogen-bond donors (Lipinski definition) is 1. The number of hydrogen-bond acceptors (Lipinski definition) is 3. The minimum atomic E-state index is -0.395. The van der Waals surface area contributed by atoms with E-state index in [9.17, 15) is 0 Å². The Morgan fingerprint density at radius 3 is 2.78 bits per heavy atom. The van der Waals surface area contributed by atoms with Crippen molar-refractivity contribution in [3.63, 3.8) is 0 Å². The van der Waals surface area contributed by atoms with Crippen molar-refractivity contribution in [2.24, 2.45) is 5.73 Å². The first-order valence-corrected chi connectivity index (χ1v) is 6.02. The molecule has 0 spiro atoms. The minimum Gasteiger partial charge on any atom is -0.495 e. The summed E-state index contributed by atoms with van der Waals surface area (Å²) in [6.07, 6.45) is 1.70. The summed E-state index contributed by atoms with van der Waals surface area (Å²) in [6.45, 7) is 1.95. The zero-order valence-corrected chi connectivity index (χ0v) is 11.1. The van der Waals surface area contributed by atoms with Crippen LogP contribution in [0, 0.1) is 6.92 Å². The molecule has 2 N–H and O–H groups in total. The van der Waals surface area contributed by atoms with E-state index in [1.807, 2.05) is 37.3 Å². The quantitative estimate of drug-likeness (QED) is 0.925. The lowest BCUT2D eigenvalue weighted by atomic mass is 10.0. The maximum Gasteiger partial charge on any atom is 0.142 e. The standard InChI is InChI=1S/C14H15ClN2O/c1-9-5-3-6-10(12(9)15)13(16)14-11(18-2)7-4-8-17-14/h3-8,13H,16H2,1-2H3. The summed E-state index contributed by atoms with van der Waals surface area (Å²) in [5.41, 5.74) is 8.78. The molecule has 1 atom stereocenters. The van der Waals surface area contributed by atoms with Crippen LogP contribution >= 0.6 is 11.6 Å². The van der Waals surface area contributed by atoms with E-state index in [0.29, 0.717) is 16.5 Å². The predicted octanol–water partition coefficient (Wildman–Crippen LogP) is 3.10. The Labute approximate surface area is 112 Å². The van der Waals surface area contributed by atoms with Crippen molar-refractivity contribution >= 4 is 11.6 Å². The van der Waals surface area contributed by atoms with Gasteiger partial charge in [-0.05, 0) is 30.2 Å². The first-order chi connectivity index (χ1) is 8.65. The Bertz CT molecular complexity index is 557. The number of methoxy groups -OCH3 is 1. The molecule has 1 aromatic heterocycles. The van der Waals surface area contributed by atoms with Gasteiger partial charge in [-0.25, -0.2) is 0 Å². The molecule has 0 saturated heterocycles. The van der Waals surface area contributed by atoms with Gasteiger partial charge >= 0.3 is 0 Å². The van der Waals surface area contributed by atoms with Crippen LogP contribution in [0.2, 0.25) is 5.02 Å². The van der Waals surface area contributed by atoms with Gasteiger partial charge < -0.3 is 10.5 Å². The van der Waals surface area contributed by atoms with E-state index in [4.69, 9.17) is 22.1 Å². The highest BCUT2D eigenvalue weighted by Gasteiger charge is 2.18. The second kappa shape index (κ2) is 5.38. The van der Waals surface area contributed by atoms with Crippen molar-refractivity contribution in [2.45, 2.75) is 13.0 Å². The summed E-state index contributed by atoms with van der Waals surface area (Å²) in [6, 6.07) is 9.06. The van der Waals surface area contributed by atoms with E-state index in [2.05, 4.69) is 4.98 Å². The second-order valence-corrected chi connectivity index (χ2v) is 4.42. The van der Waals surface area contributed by atoms with Crippen LogP contribution in [0.4, 0.5) is 0 Å². The fourth-order valence-electron chi connectivity index (χ4n) is 1.87. The molecule has 0 bridgehead atoms. The number of aryl methyl sites for hydroxylation is 1. The molecule has 1 unspecified atom stereocenters. The highest BCUT2D eigenvalue weighted by molar-refractivity contribution is 6.32. The molecule has 3 nitrogen and oxygen atoms in total. The smallest absolute Gasteiger partial charge is 0.142 e. The van der Waals surface area contributed by atoms with Gasteiger partial charge in [0.1, 0.15) is 11.4 Å². The van der Waals surface area contributed by atoms with Crippen molar-refractivity contribution in [3.8, 4) is 5.75 Å². The highest BCUT2D eigenvalue weighted by atomic mass is 35.5. The van der Waals surface area contributed by atoms with Crippen molar-refractivity contribution in [3.05, 3.63) is 58.4 Å². The van der Waals surface area contributed by atoms with Crippen molar-refractivity contribution < 1.29 is 4.74 Å². The zero-order valence-electron chi connectivity index (χ0n) is 10.4. The Balaban J connectivity index is 2.48. The first-order valence-electron chi connectivity index (χ1n) is 5.64. The summed E-state index contributed by atoms with van der Waals surface area (Å²) in [7, 11) is 1.60. The number of benzene rings is 1. The van der Waals surface area contributed by atoms with Crippen molar-refractivity contribution in [2.75, 3.05) is 7.11 Å². The predicted molar refractivity (Wildman–Crippen MR) is 73.0 cm³/mol. The van der Waals surface area contributed by atoms with Gasteiger partial charge in [0.15, 0.2) is 0 Å². The molecule has 2 aromatic rings. The second-order valence-electron chi connectivity index (χ2n) is 4.05. The van der Waals surface area contributed by atoms with E-state index in [1.165, 1.54) is 0 Å². The van der Waals surface area contributed by atoms with E-state index in [1.54, 1.807) is 13.3 Å². The van der Waals surface area contributed by atoms with Gasteiger partial charge in [0, 0.05) is 11.2 Å². The Morgan fingerprint density at radius 2 is 2.06 bits per heavy atom. The monoisotopic (exact) mass is 262 g/mol. The van der Waals surface area contributed by atoms with Crippen LogP contribution in [0.15, 0.2) is 36.5 Å². The topological polar surface area (TPSA) is 48.1 Å². The van der Waals surface area contributed by atoms with Crippen molar-refractivity contribution in [1.29, 1.82) is 0 Å². The molecular formula is C14H15ClN2O. The third-order valence-electron chi connectivity index (χ3n) is 2.87. The van der Waals surface area contributed by atoms with Gasteiger partial charge in [0.2, 0.25) is 0 Å². The molecule has 94 valence electrons. The molecule has 0 aliphatic heterocycles. The maximum atomic E-state index is 6.28. The van der Waals surface area contributed by atoms with Gasteiger partial charge in [-0.1, -0.05) is 29.8 Å². The third kappa shape index (κ3) is 2.33. The fourth-order valence-corrected chi connectivity index (χ4v) is 2.11. The summed E-state index contributed by atoms with van der Waals surface area (Å²) in [4.78, 5) is 4.29. The third-order valence-corrected chi connectivity index (χ3v) is 3.39. The summed E-state index contributed by atoms with van der Waals surface area (Å²) >= 11 is 6.28. The van der Waals surface area contributed by atoms with Gasteiger partial charge in [0.05, 0.1) is 13.2 Å². The molecule has 4 heteroatoms. The van der Waals surface area contributed by atoms with Crippen LogP contribution in [0.5, 0.6) is 5.75 Å². The largest absolute Gasteiger partial charge is 0.495 e. The van der Waals surface area contributed by atoms with E-state index >= 15 is 0 Å². The number of aromatic nitrogens is 1. The van der Waals surface area contributed by atoms with Crippen LogP contribution < -0.4 is 10.5 Å². The van der Waals surface area contributed by atoms with E-state index < -0.39 is 6.04 Å². The van der Waals surface area contributed by atoms with Crippen LogP contribution in [-0.2, 0) is 0 Å². The SMILES string of the molecule is COc1cccnc1C(N)c1cccc(C)c1Cl. The van der Waals surface area contributed by atoms with Crippen LogP contribution in [0.1, 0.15) is 22.9 Å². The summed E-state index contributed by atoms with van der Waals surface area (Å²) in [5, 5.41) is 0.678. The normalized spacial score (nSPS) is 12.2. The molecule has 0 fully saturated rings. The first kappa shape index (κ1) is 12.9. The Morgan fingerprint density at radius 1 is 1.28 bits per heavy atom. The average molecular weight is 263 g/mol. The Hall–Kier alpha value is -1.58. The summed E-state index contributed by atoms with van der Waals surface area (Å²) in [5.74, 6) is 0.669. The number of nitrogens with zero attached hydrogens (tertiary/aromatic N) is 1. The lowest BCUT2D eigenvalue weighted by Gasteiger charge is -2.16. The molecule has 0 amide bonds. The number of ether oxygens (including phenoxy) is 1. The number of pyridine rings is 1. The maximum absolute atomic E-state index is 6.28. The van der Waals surface area contributed by atoms with Gasteiger partial charge in [0.25, 0.3) is 0 Å². The zero-order chi connectivity index (χ0) is 13.1. The number of rotatable bonds is 3.